The van der Waals surface area contributed by atoms with E-state index in [-0.39, 0.29) is 11.9 Å². The van der Waals surface area contributed by atoms with Gasteiger partial charge in [-0.2, -0.15) is 0 Å². The van der Waals surface area contributed by atoms with E-state index < -0.39 is 0 Å². The van der Waals surface area contributed by atoms with Crippen molar-refractivity contribution < 1.29 is 4.39 Å². The third-order valence-electron chi connectivity index (χ3n) is 3.72. The Labute approximate surface area is 96.9 Å². The molecule has 88 valence electrons. The first kappa shape index (κ1) is 11.6. The first-order valence-corrected chi connectivity index (χ1v) is 6.20. The van der Waals surface area contributed by atoms with E-state index in [2.05, 4.69) is 0 Å². The number of halogens is 1. The highest BCUT2D eigenvalue weighted by Crippen LogP contribution is 2.33. The molecule has 16 heavy (non-hydrogen) atoms. The molecule has 1 aliphatic rings. The smallest absolute Gasteiger partial charge is 0.126 e. The van der Waals surface area contributed by atoms with E-state index in [0.29, 0.717) is 11.5 Å². The van der Waals surface area contributed by atoms with E-state index in [1.54, 1.807) is 6.92 Å². The third kappa shape index (κ3) is 2.43. The van der Waals surface area contributed by atoms with Crippen LogP contribution in [0.3, 0.4) is 0 Å². The number of benzene rings is 1. The fraction of sp³-hybridized carbons (Fsp3) is 0.571. The summed E-state index contributed by atoms with van der Waals surface area (Å²) >= 11 is 0. The van der Waals surface area contributed by atoms with Gasteiger partial charge >= 0.3 is 0 Å². The second-order valence-electron chi connectivity index (χ2n) is 4.93. The molecule has 1 saturated carbocycles. The number of hydrogen-bond acceptors (Lipinski definition) is 1. The van der Waals surface area contributed by atoms with Crippen molar-refractivity contribution in [3.8, 4) is 0 Å². The summed E-state index contributed by atoms with van der Waals surface area (Å²) in [4.78, 5) is 0. The van der Waals surface area contributed by atoms with Gasteiger partial charge in [0.2, 0.25) is 0 Å². The van der Waals surface area contributed by atoms with Crippen LogP contribution in [0.2, 0.25) is 0 Å². The fourth-order valence-electron chi connectivity index (χ4n) is 2.64. The predicted octanol–water partition coefficient (Wildman–Crippen LogP) is 3.71. The Kier molecular flexibility index (Phi) is 3.59. The molecule has 0 spiro atoms. The van der Waals surface area contributed by atoms with Gasteiger partial charge in [0, 0.05) is 6.04 Å². The van der Waals surface area contributed by atoms with E-state index in [0.717, 1.165) is 5.56 Å². The second kappa shape index (κ2) is 4.96. The lowest BCUT2D eigenvalue weighted by molar-refractivity contribution is 0.308. The maximum atomic E-state index is 13.2. The van der Waals surface area contributed by atoms with Crippen LogP contribution in [0, 0.1) is 18.7 Å². The molecule has 0 heterocycles. The molecule has 2 heteroatoms. The highest BCUT2D eigenvalue weighted by molar-refractivity contribution is 5.26. The molecule has 2 rings (SSSR count). The standard InChI is InChI=1S/C14H20FN/c1-10-9-12(7-8-13(10)15)14(16)11-5-3-2-4-6-11/h7-9,11,14H,2-6,16H2,1H3/t14-/m1/s1. The van der Waals surface area contributed by atoms with Crippen LogP contribution in [0.5, 0.6) is 0 Å². The van der Waals surface area contributed by atoms with Crippen molar-refractivity contribution in [1.82, 2.24) is 0 Å². The van der Waals surface area contributed by atoms with Crippen LogP contribution >= 0.6 is 0 Å². The molecule has 1 aromatic carbocycles. The summed E-state index contributed by atoms with van der Waals surface area (Å²) in [7, 11) is 0. The lowest BCUT2D eigenvalue weighted by atomic mass is 9.81. The van der Waals surface area contributed by atoms with Gasteiger partial charge in [-0.25, -0.2) is 4.39 Å². The number of nitrogens with two attached hydrogens (primary N) is 1. The summed E-state index contributed by atoms with van der Waals surface area (Å²) in [6.07, 6.45) is 6.36. The van der Waals surface area contributed by atoms with Crippen molar-refractivity contribution in [2.45, 2.75) is 45.1 Å². The van der Waals surface area contributed by atoms with Crippen molar-refractivity contribution >= 4 is 0 Å². The maximum absolute atomic E-state index is 13.2. The van der Waals surface area contributed by atoms with Gasteiger partial charge in [0.25, 0.3) is 0 Å². The molecule has 1 nitrogen and oxygen atoms in total. The topological polar surface area (TPSA) is 26.0 Å². The summed E-state index contributed by atoms with van der Waals surface area (Å²) in [5.74, 6) is 0.443. The highest BCUT2D eigenvalue weighted by Gasteiger charge is 2.21. The van der Waals surface area contributed by atoms with Gasteiger partial charge in [0.15, 0.2) is 0 Å². The van der Waals surface area contributed by atoms with Crippen LogP contribution in [-0.4, -0.2) is 0 Å². The summed E-state index contributed by atoms with van der Waals surface area (Å²) in [5.41, 5.74) is 8.05. The van der Waals surface area contributed by atoms with Crippen LogP contribution in [0.4, 0.5) is 4.39 Å². The SMILES string of the molecule is Cc1cc([C@H](N)C2CCCCC2)ccc1F. The quantitative estimate of drug-likeness (QED) is 0.809. The molecule has 1 aliphatic carbocycles. The van der Waals surface area contributed by atoms with E-state index in [4.69, 9.17) is 5.73 Å². The monoisotopic (exact) mass is 221 g/mol. The van der Waals surface area contributed by atoms with Gasteiger partial charge in [-0.15, -0.1) is 0 Å². The van der Waals surface area contributed by atoms with Gasteiger partial charge < -0.3 is 5.73 Å². The van der Waals surface area contributed by atoms with Crippen LogP contribution in [-0.2, 0) is 0 Å². The molecule has 0 unspecified atom stereocenters. The van der Waals surface area contributed by atoms with Gasteiger partial charge in [-0.3, -0.25) is 0 Å². The molecule has 0 amide bonds. The fourth-order valence-corrected chi connectivity index (χ4v) is 2.64. The molecule has 2 N–H and O–H groups in total. The van der Waals surface area contributed by atoms with Crippen molar-refractivity contribution in [2.24, 2.45) is 11.7 Å². The first-order valence-electron chi connectivity index (χ1n) is 6.20. The van der Waals surface area contributed by atoms with E-state index in [1.807, 2.05) is 12.1 Å². The summed E-state index contributed by atoms with van der Waals surface area (Å²) in [6.45, 7) is 1.80. The van der Waals surface area contributed by atoms with Crippen molar-refractivity contribution in [3.63, 3.8) is 0 Å². The zero-order valence-electron chi connectivity index (χ0n) is 9.88. The maximum Gasteiger partial charge on any atom is 0.126 e. The minimum atomic E-state index is -0.139. The summed E-state index contributed by atoms with van der Waals surface area (Å²) < 4.78 is 13.2. The first-order chi connectivity index (χ1) is 7.68. The average Bonchev–Trinajstić information content (AvgIpc) is 2.33. The Morgan fingerprint density at radius 2 is 1.94 bits per heavy atom. The Balaban J connectivity index is 2.12. The summed E-state index contributed by atoms with van der Waals surface area (Å²) in [6, 6.07) is 5.35. The van der Waals surface area contributed by atoms with Crippen LogP contribution in [0.1, 0.15) is 49.3 Å². The Hall–Kier alpha value is -0.890. The Bertz CT molecular complexity index is 356. The molecule has 1 atom stereocenters. The van der Waals surface area contributed by atoms with Gasteiger partial charge in [-0.1, -0.05) is 31.4 Å². The van der Waals surface area contributed by atoms with Crippen LogP contribution in [0.15, 0.2) is 18.2 Å². The minimum absolute atomic E-state index is 0.0830. The van der Waals surface area contributed by atoms with E-state index in [9.17, 15) is 4.39 Å². The molecular weight excluding hydrogens is 201 g/mol. The molecule has 1 fully saturated rings. The van der Waals surface area contributed by atoms with Crippen LogP contribution < -0.4 is 5.73 Å². The predicted molar refractivity (Wildman–Crippen MR) is 64.6 cm³/mol. The molecule has 0 bridgehead atoms. The van der Waals surface area contributed by atoms with Crippen molar-refractivity contribution in [1.29, 1.82) is 0 Å². The molecule has 0 saturated heterocycles. The van der Waals surface area contributed by atoms with Crippen LogP contribution in [0.25, 0.3) is 0 Å². The van der Waals surface area contributed by atoms with Gasteiger partial charge in [0.1, 0.15) is 5.82 Å². The Morgan fingerprint density at radius 1 is 1.25 bits per heavy atom. The molecular formula is C14H20FN. The molecule has 0 radical (unpaired) electrons. The highest BCUT2D eigenvalue weighted by atomic mass is 19.1. The zero-order valence-corrected chi connectivity index (χ0v) is 9.88. The van der Waals surface area contributed by atoms with E-state index >= 15 is 0 Å². The summed E-state index contributed by atoms with van der Waals surface area (Å²) in [5, 5.41) is 0. The average molecular weight is 221 g/mol. The Morgan fingerprint density at radius 3 is 2.56 bits per heavy atom. The number of hydrogen-bond donors (Lipinski definition) is 1. The van der Waals surface area contributed by atoms with Gasteiger partial charge in [0.05, 0.1) is 0 Å². The zero-order chi connectivity index (χ0) is 11.5. The molecule has 0 aromatic heterocycles. The molecule has 1 aromatic rings. The lowest BCUT2D eigenvalue weighted by Crippen LogP contribution is -2.23. The number of aryl methyl sites for hydroxylation is 1. The van der Waals surface area contributed by atoms with Crippen molar-refractivity contribution in [3.05, 3.63) is 35.1 Å². The normalized spacial score (nSPS) is 19.7. The van der Waals surface area contributed by atoms with Crippen molar-refractivity contribution in [2.75, 3.05) is 0 Å². The number of rotatable bonds is 2. The minimum Gasteiger partial charge on any atom is -0.324 e. The lowest BCUT2D eigenvalue weighted by Gasteiger charge is -2.28. The van der Waals surface area contributed by atoms with Gasteiger partial charge in [-0.05, 0) is 42.9 Å². The molecule has 0 aliphatic heterocycles. The van der Waals surface area contributed by atoms with E-state index in [1.165, 1.54) is 38.2 Å². The largest absolute Gasteiger partial charge is 0.324 e. The second-order valence-corrected chi connectivity index (χ2v) is 4.93. The third-order valence-corrected chi connectivity index (χ3v) is 3.72.